The van der Waals surface area contributed by atoms with Crippen LogP contribution in [-0.4, -0.2) is 60.9 Å². The maximum atomic E-state index is 13.9. The van der Waals surface area contributed by atoms with Crippen LogP contribution in [-0.2, 0) is 15.1 Å². The molecule has 1 aromatic heterocycles. The lowest BCUT2D eigenvalue weighted by atomic mass is 9.78. The number of benzene rings is 1. The number of carbonyl (C=O) groups is 1. The molecular formula is C25H27F3N2O5. The number of likely N-dealkylation sites (tertiary alicyclic amines) is 1. The van der Waals surface area contributed by atoms with Crippen LogP contribution in [0.15, 0.2) is 36.4 Å². The number of alkyl halides is 2. The molecule has 3 fully saturated rings. The Balaban J connectivity index is 1.28. The zero-order valence-electron chi connectivity index (χ0n) is 19.5. The van der Waals surface area contributed by atoms with Gasteiger partial charge in [0.05, 0.1) is 19.8 Å². The van der Waals surface area contributed by atoms with Crippen molar-refractivity contribution >= 4 is 5.91 Å². The first kappa shape index (κ1) is 23.9. The molecule has 3 heterocycles. The normalized spacial score (nSPS) is 26.5. The molecule has 0 bridgehead atoms. The van der Waals surface area contributed by atoms with E-state index in [-0.39, 0.29) is 55.4 Å². The first-order chi connectivity index (χ1) is 16.7. The third-order valence-corrected chi connectivity index (χ3v) is 7.18. The number of rotatable bonds is 6. The van der Waals surface area contributed by atoms with Gasteiger partial charge in [0.25, 0.3) is 11.8 Å². The minimum Gasteiger partial charge on any atom is -0.485 e. The minimum absolute atomic E-state index is 0.0619. The van der Waals surface area contributed by atoms with Crippen molar-refractivity contribution in [2.75, 3.05) is 27.0 Å². The number of carbonyl (C=O) groups excluding carboxylic acids is 1. The highest BCUT2D eigenvalue weighted by Crippen LogP contribution is 2.45. The van der Waals surface area contributed by atoms with E-state index >= 15 is 0 Å². The molecule has 1 saturated carbocycles. The Kier molecular flexibility index (Phi) is 6.13. The Hall–Kier alpha value is -2.85. The van der Waals surface area contributed by atoms with Crippen molar-refractivity contribution in [3.05, 3.63) is 53.5 Å². The molecule has 3 aliphatic rings. The van der Waals surface area contributed by atoms with Crippen LogP contribution in [0.4, 0.5) is 13.2 Å². The highest BCUT2D eigenvalue weighted by Gasteiger charge is 2.51. The molecule has 0 spiro atoms. The molecule has 0 radical (unpaired) electrons. The highest BCUT2D eigenvalue weighted by atomic mass is 19.3. The molecule has 2 saturated heterocycles. The van der Waals surface area contributed by atoms with Gasteiger partial charge in [-0.05, 0) is 36.8 Å². The van der Waals surface area contributed by atoms with Gasteiger partial charge < -0.3 is 23.8 Å². The number of amides is 1. The number of nitrogens with zero attached hydrogens (tertiary/aromatic N) is 2. The van der Waals surface area contributed by atoms with Gasteiger partial charge in [-0.25, -0.2) is 18.2 Å². The van der Waals surface area contributed by atoms with Gasteiger partial charge in [0.15, 0.2) is 5.75 Å². The van der Waals surface area contributed by atoms with Crippen LogP contribution in [0.1, 0.15) is 42.2 Å². The number of ether oxygens (including phenoxy) is 4. The zero-order valence-corrected chi connectivity index (χ0v) is 19.5. The van der Waals surface area contributed by atoms with Gasteiger partial charge in [-0.15, -0.1) is 0 Å². The Bertz CT molecular complexity index is 1110. The Morgan fingerprint density at radius 1 is 1.26 bits per heavy atom. The number of fused-ring (bicyclic) bond motifs is 1. The fourth-order valence-electron chi connectivity index (χ4n) is 5.10. The van der Waals surface area contributed by atoms with Crippen molar-refractivity contribution in [2.45, 2.75) is 49.9 Å². The van der Waals surface area contributed by atoms with E-state index in [2.05, 4.69) is 4.98 Å². The number of pyridine rings is 1. The predicted octanol–water partition coefficient (Wildman–Crippen LogP) is 4.16. The summed E-state index contributed by atoms with van der Waals surface area (Å²) in [6, 6.07) is 9.35. The Labute approximate surface area is 201 Å². The van der Waals surface area contributed by atoms with Crippen molar-refractivity contribution < 1.29 is 36.9 Å². The zero-order chi connectivity index (χ0) is 24.8. The van der Waals surface area contributed by atoms with E-state index in [0.29, 0.717) is 24.3 Å². The van der Waals surface area contributed by atoms with E-state index in [9.17, 15) is 18.0 Å². The summed E-state index contributed by atoms with van der Waals surface area (Å²) in [5, 5.41) is 0. The molecule has 7 nitrogen and oxygen atoms in total. The number of halogens is 3. The molecule has 0 N–H and O–H groups in total. The lowest BCUT2D eigenvalue weighted by Gasteiger charge is -2.41. The summed E-state index contributed by atoms with van der Waals surface area (Å²) in [6.07, 6.45) is -0.870. The topological polar surface area (TPSA) is 70.1 Å². The lowest BCUT2D eigenvalue weighted by Crippen LogP contribution is -2.53. The molecular weight excluding hydrogens is 465 g/mol. The van der Waals surface area contributed by atoms with E-state index in [0.717, 1.165) is 0 Å². The molecule has 3 unspecified atom stereocenters. The largest absolute Gasteiger partial charge is 0.485 e. The second-order valence-corrected chi connectivity index (χ2v) is 9.37. The van der Waals surface area contributed by atoms with Crippen LogP contribution < -0.4 is 9.47 Å². The van der Waals surface area contributed by atoms with Gasteiger partial charge in [0.2, 0.25) is 5.92 Å². The maximum Gasteiger partial charge on any atom is 0.272 e. The summed E-state index contributed by atoms with van der Waals surface area (Å²) in [7, 11) is 1.41. The Morgan fingerprint density at radius 2 is 2.06 bits per heavy atom. The van der Waals surface area contributed by atoms with E-state index in [1.807, 2.05) is 0 Å². The summed E-state index contributed by atoms with van der Waals surface area (Å²) >= 11 is 0. The van der Waals surface area contributed by atoms with Gasteiger partial charge >= 0.3 is 0 Å². The molecule has 188 valence electrons. The van der Waals surface area contributed by atoms with Gasteiger partial charge in [-0.1, -0.05) is 12.1 Å². The fraction of sp³-hybridized carbons (Fsp3) is 0.520. The number of hydrogen-bond donors (Lipinski definition) is 0. The number of methoxy groups -OCH3 is 1. The minimum atomic E-state index is -2.63. The molecule has 2 aromatic rings. The third-order valence-electron chi connectivity index (χ3n) is 7.18. The summed E-state index contributed by atoms with van der Waals surface area (Å²) in [4.78, 5) is 19.2. The van der Waals surface area contributed by atoms with E-state index in [4.69, 9.17) is 18.9 Å². The summed E-state index contributed by atoms with van der Waals surface area (Å²) in [5.74, 6) is -3.15. The standard InChI is InChI=1S/C25H27F3N2O5/c1-15(16-11-24(27,28)12-16)35-20-7-6-19(29-22(20)32-2)23(31)30-9-8-25(21(13-30)33-14-34-25)17-4-3-5-18(26)10-17/h3-7,10,15-16,21H,8-9,11-14H2,1-2H3. The van der Waals surface area contributed by atoms with Crippen LogP contribution in [0.5, 0.6) is 11.6 Å². The summed E-state index contributed by atoms with van der Waals surface area (Å²) in [5.41, 5.74) is 0.0387. The molecule has 10 heteroatoms. The van der Waals surface area contributed by atoms with Gasteiger partial charge in [-0.2, -0.15) is 0 Å². The summed E-state index contributed by atoms with van der Waals surface area (Å²) < 4.78 is 63.1. The fourth-order valence-corrected chi connectivity index (χ4v) is 5.10. The SMILES string of the molecule is COc1nc(C(=O)N2CCC3(c4cccc(F)c4)OCOC3C2)ccc1OC(C)C1CC(F)(F)C1. The average Bonchev–Trinajstić information content (AvgIpc) is 3.26. The van der Waals surface area contributed by atoms with Crippen molar-refractivity contribution in [1.82, 2.24) is 9.88 Å². The van der Waals surface area contributed by atoms with E-state index in [1.54, 1.807) is 30.0 Å². The van der Waals surface area contributed by atoms with E-state index in [1.165, 1.54) is 25.3 Å². The van der Waals surface area contributed by atoms with Gasteiger partial charge in [0, 0.05) is 31.7 Å². The lowest BCUT2D eigenvalue weighted by molar-refractivity contribution is -0.134. The van der Waals surface area contributed by atoms with Crippen LogP contribution in [0.3, 0.4) is 0 Å². The summed E-state index contributed by atoms with van der Waals surface area (Å²) in [6.45, 7) is 2.42. The smallest absolute Gasteiger partial charge is 0.272 e. The first-order valence-electron chi connectivity index (χ1n) is 11.6. The number of piperidine rings is 1. The maximum absolute atomic E-state index is 13.9. The van der Waals surface area contributed by atoms with Gasteiger partial charge in [0.1, 0.15) is 30.0 Å². The third kappa shape index (κ3) is 4.45. The first-order valence-corrected chi connectivity index (χ1v) is 11.6. The Morgan fingerprint density at radius 3 is 2.77 bits per heavy atom. The molecule has 5 rings (SSSR count). The molecule has 1 aromatic carbocycles. The van der Waals surface area contributed by atoms with Crippen LogP contribution in [0, 0.1) is 11.7 Å². The van der Waals surface area contributed by atoms with Crippen molar-refractivity contribution in [3.63, 3.8) is 0 Å². The highest BCUT2D eigenvalue weighted by molar-refractivity contribution is 5.92. The second kappa shape index (κ2) is 8.98. The van der Waals surface area contributed by atoms with Crippen LogP contribution in [0.2, 0.25) is 0 Å². The average molecular weight is 492 g/mol. The van der Waals surface area contributed by atoms with Crippen LogP contribution >= 0.6 is 0 Å². The van der Waals surface area contributed by atoms with Crippen molar-refractivity contribution in [1.29, 1.82) is 0 Å². The number of aromatic nitrogens is 1. The molecule has 2 aliphatic heterocycles. The molecule has 1 amide bonds. The van der Waals surface area contributed by atoms with Gasteiger partial charge in [-0.3, -0.25) is 4.79 Å². The number of hydrogen-bond acceptors (Lipinski definition) is 6. The molecule has 1 aliphatic carbocycles. The monoisotopic (exact) mass is 492 g/mol. The molecule has 3 atom stereocenters. The predicted molar refractivity (Wildman–Crippen MR) is 118 cm³/mol. The second-order valence-electron chi connectivity index (χ2n) is 9.37. The van der Waals surface area contributed by atoms with Crippen molar-refractivity contribution in [3.8, 4) is 11.6 Å². The quantitative estimate of drug-likeness (QED) is 0.604. The van der Waals surface area contributed by atoms with E-state index < -0.39 is 23.7 Å². The van der Waals surface area contributed by atoms with Crippen LogP contribution in [0.25, 0.3) is 0 Å². The van der Waals surface area contributed by atoms with Crippen molar-refractivity contribution in [2.24, 2.45) is 5.92 Å². The molecule has 35 heavy (non-hydrogen) atoms.